The van der Waals surface area contributed by atoms with E-state index in [1.54, 1.807) is 47.4 Å². The van der Waals surface area contributed by atoms with Crippen molar-refractivity contribution in [2.24, 2.45) is 5.73 Å². The van der Waals surface area contributed by atoms with E-state index >= 15 is 0 Å². The van der Waals surface area contributed by atoms with Crippen molar-refractivity contribution in [2.75, 3.05) is 26.2 Å². The highest BCUT2D eigenvalue weighted by Crippen LogP contribution is 2.18. The average Bonchev–Trinajstić information content (AvgIpc) is 2.68. The summed E-state index contributed by atoms with van der Waals surface area (Å²) in [5.41, 5.74) is 6.65. The average molecular weight is 358 g/mol. The molecule has 1 atom stereocenters. The van der Waals surface area contributed by atoms with E-state index < -0.39 is 0 Å². The van der Waals surface area contributed by atoms with Crippen LogP contribution in [0, 0.1) is 5.82 Å². The van der Waals surface area contributed by atoms with Crippen molar-refractivity contribution in [1.29, 1.82) is 0 Å². The Kier molecular flexibility index (Phi) is 6.20. The number of ether oxygens (including phenoxy) is 2. The van der Waals surface area contributed by atoms with Crippen LogP contribution in [0.4, 0.5) is 4.39 Å². The van der Waals surface area contributed by atoms with Crippen LogP contribution >= 0.6 is 0 Å². The van der Waals surface area contributed by atoms with Crippen molar-refractivity contribution < 1.29 is 18.7 Å². The maximum atomic E-state index is 13.6. The fraction of sp³-hybridized carbons (Fsp3) is 0.350. The van der Waals surface area contributed by atoms with Gasteiger partial charge in [-0.25, -0.2) is 4.39 Å². The van der Waals surface area contributed by atoms with Crippen LogP contribution in [-0.4, -0.2) is 43.2 Å². The number of benzene rings is 2. The Bertz CT molecular complexity index is 734. The van der Waals surface area contributed by atoms with Crippen molar-refractivity contribution >= 4 is 5.91 Å². The summed E-state index contributed by atoms with van der Waals surface area (Å²) in [7, 11) is 0. The molecule has 1 aliphatic rings. The first-order chi connectivity index (χ1) is 12.7. The Hall–Kier alpha value is -2.44. The number of hydrogen-bond acceptors (Lipinski definition) is 4. The molecule has 0 aromatic heterocycles. The topological polar surface area (TPSA) is 64.8 Å². The van der Waals surface area contributed by atoms with E-state index in [9.17, 15) is 9.18 Å². The third kappa shape index (κ3) is 4.59. The van der Waals surface area contributed by atoms with E-state index in [1.807, 2.05) is 0 Å². The van der Waals surface area contributed by atoms with Crippen molar-refractivity contribution in [3.8, 4) is 5.75 Å². The maximum absolute atomic E-state index is 13.6. The first kappa shape index (κ1) is 18.4. The number of amides is 1. The minimum Gasteiger partial charge on any atom is -0.489 e. The van der Waals surface area contributed by atoms with Gasteiger partial charge in [-0.2, -0.15) is 0 Å². The molecule has 2 aromatic carbocycles. The van der Waals surface area contributed by atoms with Crippen LogP contribution in [0.15, 0.2) is 48.5 Å². The standard InChI is InChI=1S/C20H23FN2O3/c21-19-4-2-1-3-16(19)14-26-17-7-5-15(6-8-17)20(24)23-11-12-25-18(13-23)9-10-22/h1-8,18H,9-14,22H2. The smallest absolute Gasteiger partial charge is 0.254 e. The Labute approximate surface area is 152 Å². The van der Waals surface area contributed by atoms with Gasteiger partial charge in [-0.1, -0.05) is 18.2 Å². The third-order valence-corrected chi connectivity index (χ3v) is 4.37. The van der Waals surface area contributed by atoms with Gasteiger partial charge in [-0.05, 0) is 43.3 Å². The summed E-state index contributed by atoms with van der Waals surface area (Å²) in [6.45, 7) is 2.35. The minimum atomic E-state index is -0.293. The largest absolute Gasteiger partial charge is 0.489 e. The van der Waals surface area contributed by atoms with Crippen LogP contribution in [-0.2, 0) is 11.3 Å². The maximum Gasteiger partial charge on any atom is 0.254 e. The lowest BCUT2D eigenvalue weighted by Gasteiger charge is -2.33. The number of hydrogen-bond donors (Lipinski definition) is 1. The molecule has 1 heterocycles. The van der Waals surface area contributed by atoms with Crippen LogP contribution in [0.2, 0.25) is 0 Å². The van der Waals surface area contributed by atoms with E-state index in [4.69, 9.17) is 15.2 Å². The molecule has 2 N–H and O–H groups in total. The van der Waals surface area contributed by atoms with Gasteiger partial charge in [0.1, 0.15) is 18.2 Å². The second-order valence-corrected chi connectivity index (χ2v) is 6.23. The molecule has 1 amide bonds. The molecule has 0 aliphatic carbocycles. The van der Waals surface area contributed by atoms with Gasteiger partial charge in [0.2, 0.25) is 0 Å². The lowest BCUT2D eigenvalue weighted by Crippen LogP contribution is -2.46. The van der Waals surface area contributed by atoms with Crippen molar-refractivity contribution in [3.05, 3.63) is 65.5 Å². The highest BCUT2D eigenvalue weighted by molar-refractivity contribution is 5.94. The first-order valence-corrected chi connectivity index (χ1v) is 8.74. The molecule has 0 saturated carbocycles. The Morgan fingerprint density at radius 3 is 2.73 bits per heavy atom. The summed E-state index contributed by atoms with van der Waals surface area (Å²) in [5, 5.41) is 0. The number of nitrogens with two attached hydrogens (primary N) is 1. The summed E-state index contributed by atoms with van der Waals surface area (Å²) >= 11 is 0. The van der Waals surface area contributed by atoms with E-state index in [0.29, 0.717) is 43.1 Å². The van der Waals surface area contributed by atoms with Gasteiger partial charge in [0.25, 0.3) is 5.91 Å². The van der Waals surface area contributed by atoms with Gasteiger partial charge in [0, 0.05) is 24.2 Å². The zero-order valence-electron chi connectivity index (χ0n) is 14.6. The Morgan fingerprint density at radius 2 is 2.00 bits per heavy atom. The van der Waals surface area contributed by atoms with Gasteiger partial charge in [0.05, 0.1) is 12.7 Å². The van der Waals surface area contributed by atoms with Gasteiger partial charge in [0.15, 0.2) is 0 Å². The first-order valence-electron chi connectivity index (χ1n) is 8.74. The number of carbonyl (C=O) groups is 1. The molecule has 1 aliphatic heterocycles. The molecule has 26 heavy (non-hydrogen) atoms. The van der Waals surface area contributed by atoms with E-state index in [2.05, 4.69) is 0 Å². The summed E-state index contributed by atoms with van der Waals surface area (Å²) < 4.78 is 24.8. The van der Waals surface area contributed by atoms with Crippen LogP contribution in [0.1, 0.15) is 22.3 Å². The highest BCUT2D eigenvalue weighted by Gasteiger charge is 2.24. The third-order valence-electron chi connectivity index (χ3n) is 4.37. The van der Waals surface area contributed by atoms with Gasteiger partial charge >= 0.3 is 0 Å². The van der Waals surface area contributed by atoms with Crippen LogP contribution < -0.4 is 10.5 Å². The molecule has 1 unspecified atom stereocenters. The molecule has 0 radical (unpaired) electrons. The molecular weight excluding hydrogens is 335 g/mol. The molecule has 6 heteroatoms. The lowest BCUT2D eigenvalue weighted by molar-refractivity contribution is -0.0236. The molecule has 3 rings (SSSR count). The fourth-order valence-corrected chi connectivity index (χ4v) is 2.92. The molecule has 1 saturated heterocycles. The Balaban J connectivity index is 1.58. The number of nitrogens with zero attached hydrogens (tertiary/aromatic N) is 1. The normalized spacial score (nSPS) is 17.2. The monoisotopic (exact) mass is 358 g/mol. The highest BCUT2D eigenvalue weighted by atomic mass is 19.1. The van der Waals surface area contributed by atoms with Crippen molar-refractivity contribution in [1.82, 2.24) is 4.90 Å². The number of rotatable bonds is 6. The van der Waals surface area contributed by atoms with Gasteiger partial charge < -0.3 is 20.1 Å². The van der Waals surface area contributed by atoms with E-state index in [1.165, 1.54) is 6.07 Å². The zero-order chi connectivity index (χ0) is 18.4. The number of halogens is 1. The van der Waals surface area contributed by atoms with Crippen LogP contribution in [0.5, 0.6) is 5.75 Å². The summed E-state index contributed by atoms with van der Waals surface area (Å²) in [6, 6.07) is 13.4. The second-order valence-electron chi connectivity index (χ2n) is 6.23. The van der Waals surface area contributed by atoms with Gasteiger partial charge in [-0.3, -0.25) is 4.79 Å². The Morgan fingerprint density at radius 1 is 1.23 bits per heavy atom. The summed E-state index contributed by atoms with van der Waals surface area (Å²) in [4.78, 5) is 14.4. The molecule has 5 nitrogen and oxygen atoms in total. The second kappa shape index (κ2) is 8.78. The predicted octanol–water partition coefficient (Wildman–Crippen LogP) is 2.59. The SMILES string of the molecule is NCCC1CN(C(=O)c2ccc(OCc3ccccc3F)cc2)CCO1. The number of morpholine rings is 1. The van der Waals surface area contributed by atoms with Gasteiger partial charge in [-0.15, -0.1) is 0 Å². The van der Waals surface area contributed by atoms with E-state index in [-0.39, 0.29) is 24.4 Å². The predicted molar refractivity (Wildman–Crippen MR) is 96.5 cm³/mol. The molecule has 1 fully saturated rings. The summed E-state index contributed by atoms with van der Waals surface area (Å²) in [5.74, 6) is 0.266. The summed E-state index contributed by atoms with van der Waals surface area (Å²) in [6.07, 6.45) is 0.744. The van der Waals surface area contributed by atoms with Crippen molar-refractivity contribution in [2.45, 2.75) is 19.1 Å². The molecule has 138 valence electrons. The minimum absolute atomic E-state index is 0.000996. The molecule has 2 aromatic rings. The quantitative estimate of drug-likeness (QED) is 0.862. The molecular formula is C20H23FN2O3. The molecule has 0 bridgehead atoms. The van der Waals surface area contributed by atoms with Crippen LogP contribution in [0.25, 0.3) is 0 Å². The zero-order valence-corrected chi connectivity index (χ0v) is 14.6. The van der Waals surface area contributed by atoms with E-state index in [0.717, 1.165) is 6.42 Å². The lowest BCUT2D eigenvalue weighted by atomic mass is 10.1. The van der Waals surface area contributed by atoms with Crippen molar-refractivity contribution in [3.63, 3.8) is 0 Å². The number of carbonyl (C=O) groups excluding carboxylic acids is 1. The van der Waals surface area contributed by atoms with Crippen LogP contribution in [0.3, 0.4) is 0 Å². The molecule has 0 spiro atoms. The fourth-order valence-electron chi connectivity index (χ4n) is 2.92.